The number of aromatic nitrogens is 4. The minimum atomic E-state index is 0.904. The third-order valence-electron chi connectivity index (χ3n) is 23.5. The van der Waals surface area contributed by atoms with E-state index in [0.717, 1.165) is 72.1 Å². The maximum atomic E-state index is 6.32. The lowest BCUT2D eigenvalue weighted by atomic mass is 9.98. The van der Waals surface area contributed by atoms with Crippen molar-refractivity contribution in [3.63, 3.8) is 0 Å². The predicted octanol–water partition coefficient (Wildman–Crippen LogP) is 29.6. The molecule has 532 valence electrons. The van der Waals surface area contributed by atoms with Crippen LogP contribution >= 0.6 is 0 Å². The molecule has 114 heavy (non-hydrogen) atoms. The summed E-state index contributed by atoms with van der Waals surface area (Å²) in [5.41, 5.74) is 32.0. The largest absolute Gasteiger partial charge is 0.456 e. The minimum absolute atomic E-state index is 0.904. The molecule has 0 bridgehead atoms. The van der Waals surface area contributed by atoms with Crippen molar-refractivity contribution in [3.05, 3.63) is 413 Å². The van der Waals surface area contributed by atoms with Crippen LogP contribution in [-0.2, 0) is 0 Å². The number of hydrogen-bond acceptors (Lipinski definition) is 2. The number of nitrogens with zero attached hydrogens (tertiary/aromatic N) is 4. The molecular weight excluding hydrogens is 1390 g/mol. The normalized spacial score (nSPS) is 11.9. The SMILES string of the molecule is c1ccc(-c2ccc(-n3c4ccc(-c5ccc6c(c5)oc5ccccc56)cc4c4cc(-c5ccc6c(c5)c5ccccc5n6-c5ccccc5)ccc43)cc2)cc1.c1ccc(-c2ccc(-n3c4ccc(-c5ccc6oc7ccccc7c6c5)cc4c4cc(-c5ccc6c(c5)c5ccccc5n6-c5ccccc5)ccc43)cc2)cc1. The molecule has 6 aromatic heterocycles. The fourth-order valence-corrected chi connectivity index (χ4v) is 18.0. The molecule has 0 N–H and O–H groups in total. The van der Waals surface area contributed by atoms with Gasteiger partial charge < -0.3 is 27.1 Å². The Morgan fingerprint density at radius 1 is 0.123 bits per heavy atom. The monoisotopic (exact) mass is 1450 g/mol. The van der Waals surface area contributed by atoms with E-state index in [-0.39, 0.29) is 0 Å². The lowest BCUT2D eigenvalue weighted by Gasteiger charge is -2.10. The van der Waals surface area contributed by atoms with E-state index in [1.54, 1.807) is 0 Å². The summed E-state index contributed by atoms with van der Waals surface area (Å²) in [5, 5.41) is 14.4. The molecule has 24 aromatic rings. The average molecular weight is 1450 g/mol. The molecule has 6 nitrogen and oxygen atoms in total. The van der Waals surface area contributed by atoms with Crippen molar-refractivity contribution in [2.45, 2.75) is 0 Å². The maximum Gasteiger partial charge on any atom is 0.136 e. The van der Waals surface area contributed by atoms with Gasteiger partial charge in [0.15, 0.2) is 0 Å². The van der Waals surface area contributed by atoms with Crippen LogP contribution in [0.5, 0.6) is 0 Å². The highest BCUT2D eigenvalue weighted by atomic mass is 16.3. The van der Waals surface area contributed by atoms with Crippen LogP contribution in [0.15, 0.2) is 421 Å². The summed E-state index contributed by atoms with van der Waals surface area (Å²) in [4.78, 5) is 0. The van der Waals surface area contributed by atoms with E-state index in [0.29, 0.717) is 0 Å². The molecule has 0 aliphatic heterocycles. The van der Waals surface area contributed by atoms with Crippen LogP contribution in [-0.4, -0.2) is 18.3 Å². The second kappa shape index (κ2) is 26.2. The van der Waals surface area contributed by atoms with Gasteiger partial charge in [0.2, 0.25) is 0 Å². The molecule has 0 amide bonds. The van der Waals surface area contributed by atoms with Crippen LogP contribution in [0.25, 0.3) is 221 Å². The molecule has 24 rings (SSSR count). The van der Waals surface area contributed by atoms with E-state index < -0.39 is 0 Å². The van der Waals surface area contributed by atoms with Crippen molar-refractivity contribution >= 4 is 131 Å². The standard InChI is InChI=1S/2C54H34N2O/c1-3-11-35(12-4-1)36-19-25-42(26-20-36)56-51-29-23-38(37-22-28-50-46(31-37)43-15-7-9-17-49(43)55(50)41-13-5-2-6-14-41)32-47(51)48-33-39(24-30-52(48)56)40-21-27-45-44-16-8-10-18-53(44)57-54(45)34-40;1-3-11-35(12-4-1)36-19-25-42(26-20-36)56-51-28-22-38(37-21-27-50-45(31-37)43-15-7-9-17-49(43)55(50)41-13-5-2-6-14-41)32-46(51)47-33-39(23-29-52(47)56)40-24-30-54-48(34-40)44-16-8-10-18-53(44)57-54/h2*1-34H. The third kappa shape index (κ3) is 10.6. The van der Waals surface area contributed by atoms with Crippen LogP contribution in [0.1, 0.15) is 0 Å². The van der Waals surface area contributed by atoms with Gasteiger partial charge in [-0.05, 0) is 237 Å². The first-order valence-electron chi connectivity index (χ1n) is 39.0. The third-order valence-corrected chi connectivity index (χ3v) is 23.5. The van der Waals surface area contributed by atoms with Crippen LogP contribution < -0.4 is 0 Å². The molecule has 0 saturated carbocycles. The highest BCUT2D eigenvalue weighted by Gasteiger charge is 2.22. The number of rotatable bonds is 10. The summed E-state index contributed by atoms with van der Waals surface area (Å²) in [6.07, 6.45) is 0. The molecular formula is C108H68N4O2. The summed E-state index contributed by atoms with van der Waals surface area (Å²) >= 11 is 0. The van der Waals surface area contributed by atoms with Gasteiger partial charge in [-0.3, -0.25) is 0 Å². The maximum absolute atomic E-state index is 6.32. The molecule has 18 aromatic carbocycles. The summed E-state index contributed by atoms with van der Waals surface area (Å²) in [7, 11) is 0. The molecule has 0 atom stereocenters. The van der Waals surface area contributed by atoms with E-state index in [1.807, 2.05) is 24.3 Å². The highest BCUT2D eigenvalue weighted by molar-refractivity contribution is 6.17. The number of hydrogen-bond donors (Lipinski definition) is 0. The van der Waals surface area contributed by atoms with Crippen molar-refractivity contribution in [1.29, 1.82) is 0 Å². The fraction of sp³-hybridized carbons (Fsp3) is 0. The first-order valence-corrected chi connectivity index (χ1v) is 39.0. The second-order valence-corrected chi connectivity index (χ2v) is 29.9. The van der Waals surface area contributed by atoms with Crippen molar-refractivity contribution in [2.24, 2.45) is 0 Å². The van der Waals surface area contributed by atoms with Gasteiger partial charge in [0, 0.05) is 87.4 Å². The summed E-state index contributed by atoms with van der Waals surface area (Å²) < 4.78 is 22.1. The molecule has 0 aliphatic carbocycles. The zero-order valence-corrected chi connectivity index (χ0v) is 61.9. The van der Waals surface area contributed by atoms with Gasteiger partial charge in [0.1, 0.15) is 22.3 Å². The van der Waals surface area contributed by atoms with Crippen LogP contribution in [0.3, 0.4) is 0 Å². The smallest absolute Gasteiger partial charge is 0.136 e. The van der Waals surface area contributed by atoms with Gasteiger partial charge in [-0.2, -0.15) is 0 Å². The van der Waals surface area contributed by atoms with Crippen LogP contribution in [0.2, 0.25) is 0 Å². The van der Waals surface area contributed by atoms with Gasteiger partial charge in [0.25, 0.3) is 0 Å². The van der Waals surface area contributed by atoms with Gasteiger partial charge in [0.05, 0.1) is 44.1 Å². The zero-order chi connectivity index (χ0) is 74.9. The van der Waals surface area contributed by atoms with E-state index in [4.69, 9.17) is 8.83 Å². The van der Waals surface area contributed by atoms with Gasteiger partial charge in [-0.25, -0.2) is 0 Å². The first kappa shape index (κ1) is 64.7. The van der Waals surface area contributed by atoms with E-state index in [2.05, 4.69) is 407 Å². The van der Waals surface area contributed by atoms with Crippen molar-refractivity contribution < 1.29 is 8.83 Å². The Bertz CT molecular complexity index is 7930. The summed E-state index contributed by atoms with van der Waals surface area (Å²) in [6.45, 7) is 0. The van der Waals surface area contributed by atoms with Gasteiger partial charge >= 0.3 is 0 Å². The molecule has 0 saturated heterocycles. The molecule has 6 heteroatoms. The molecule has 6 heterocycles. The summed E-state index contributed by atoms with van der Waals surface area (Å²) in [5.74, 6) is 0. The number of fused-ring (bicyclic) bond motifs is 18. The lowest BCUT2D eigenvalue weighted by Crippen LogP contribution is -1.94. The Morgan fingerprint density at radius 3 is 0.737 bits per heavy atom. The molecule has 0 unspecified atom stereocenters. The quantitative estimate of drug-likeness (QED) is 0.137. The van der Waals surface area contributed by atoms with Crippen LogP contribution in [0.4, 0.5) is 0 Å². The Labute approximate surface area is 656 Å². The molecule has 0 fully saturated rings. The Balaban J connectivity index is 0.000000135. The molecule has 0 spiro atoms. The van der Waals surface area contributed by atoms with Crippen molar-refractivity contribution in [3.8, 4) is 89.5 Å². The topological polar surface area (TPSA) is 46.0 Å². The predicted molar refractivity (Wildman–Crippen MR) is 477 cm³/mol. The van der Waals surface area contributed by atoms with E-state index >= 15 is 0 Å². The number of furan rings is 2. The van der Waals surface area contributed by atoms with E-state index in [1.165, 1.54) is 149 Å². The molecule has 0 radical (unpaired) electrons. The fourth-order valence-electron chi connectivity index (χ4n) is 18.0. The first-order chi connectivity index (χ1) is 56.5. The second-order valence-electron chi connectivity index (χ2n) is 29.9. The number of benzene rings is 18. The highest BCUT2D eigenvalue weighted by Crippen LogP contribution is 2.45. The Kier molecular flexibility index (Phi) is 14.9. The van der Waals surface area contributed by atoms with Gasteiger partial charge in [-0.1, -0.05) is 243 Å². The van der Waals surface area contributed by atoms with Gasteiger partial charge in [-0.15, -0.1) is 0 Å². The minimum Gasteiger partial charge on any atom is -0.456 e. The lowest BCUT2D eigenvalue weighted by molar-refractivity contribution is 0.668. The summed E-state index contributed by atoms with van der Waals surface area (Å²) in [6, 6.07) is 149. The van der Waals surface area contributed by atoms with E-state index in [9.17, 15) is 0 Å². The average Bonchev–Trinajstić information content (AvgIpc) is 1.58. The Hall–Kier alpha value is -15.2. The zero-order valence-electron chi connectivity index (χ0n) is 61.9. The van der Waals surface area contributed by atoms with Crippen molar-refractivity contribution in [1.82, 2.24) is 18.3 Å². The van der Waals surface area contributed by atoms with Crippen LogP contribution in [0, 0.1) is 0 Å². The molecule has 0 aliphatic rings. The van der Waals surface area contributed by atoms with Crippen molar-refractivity contribution in [2.75, 3.05) is 0 Å². The number of para-hydroxylation sites is 6. The Morgan fingerprint density at radius 2 is 0.351 bits per heavy atom.